The molecule has 1 aromatic rings. The first-order valence-corrected chi connectivity index (χ1v) is 7.72. The maximum absolute atomic E-state index is 13.7. The summed E-state index contributed by atoms with van der Waals surface area (Å²) in [5.74, 6) is -1.96. The number of nitrogens with zero attached hydrogens (tertiary/aromatic N) is 1. The molecule has 3 nitrogen and oxygen atoms in total. The number of benzene rings is 1. The number of sulfonamides is 1. The van der Waals surface area contributed by atoms with E-state index in [4.69, 9.17) is 0 Å². The van der Waals surface area contributed by atoms with E-state index in [1.54, 1.807) is 13.8 Å². The number of halogens is 3. The van der Waals surface area contributed by atoms with E-state index in [0.717, 1.165) is 10.4 Å². The van der Waals surface area contributed by atoms with Crippen LogP contribution in [0.15, 0.2) is 33.7 Å². The monoisotopic (exact) mass is 353 g/mol. The van der Waals surface area contributed by atoms with Gasteiger partial charge in [0.25, 0.3) is 0 Å². The SMILES string of the molecule is C=C(C)CN(CC)S(=O)(=O)c1c(F)cc(F)cc1Br. The van der Waals surface area contributed by atoms with E-state index in [9.17, 15) is 17.2 Å². The molecule has 0 spiro atoms. The molecule has 0 aliphatic heterocycles. The molecular formula is C12H14BrF2NO2S. The third-order valence-corrected chi connectivity index (χ3v) is 5.25. The van der Waals surface area contributed by atoms with Crippen molar-refractivity contribution in [1.29, 1.82) is 0 Å². The fourth-order valence-electron chi connectivity index (χ4n) is 1.57. The molecule has 0 amide bonds. The lowest BCUT2D eigenvalue weighted by molar-refractivity contribution is 0.445. The summed E-state index contributed by atoms with van der Waals surface area (Å²) in [6.45, 7) is 7.20. The van der Waals surface area contributed by atoms with Crippen LogP contribution < -0.4 is 0 Å². The van der Waals surface area contributed by atoms with E-state index >= 15 is 0 Å². The van der Waals surface area contributed by atoms with Crippen LogP contribution in [0.25, 0.3) is 0 Å². The van der Waals surface area contributed by atoms with E-state index < -0.39 is 26.6 Å². The molecule has 0 atom stereocenters. The van der Waals surface area contributed by atoms with Crippen LogP contribution in [0.2, 0.25) is 0 Å². The average molecular weight is 354 g/mol. The van der Waals surface area contributed by atoms with Gasteiger partial charge < -0.3 is 0 Å². The van der Waals surface area contributed by atoms with Crippen molar-refractivity contribution < 1.29 is 17.2 Å². The van der Waals surface area contributed by atoms with Gasteiger partial charge in [0.1, 0.15) is 16.5 Å². The highest BCUT2D eigenvalue weighted by Gasteiger charge is 2.29. The third kappa shape index (κ3) is 3.61. The lowest BCUT2D eigenvalue weighted by atomic mass is 10.3. The molecule has 0 aromatic heterocycles. The number of likely N-dealkylation sites (N-methyl/N-ethyl adjacent to an activating group) is 1. The van der Waals surface area contributed by atoms with Crippen LogP contribution in [0.1, 0.15) is 13.8 Å². The van der Waals surface area contributed by atoms with E-state index in [-0.39, 0.29) is 17.6 Å². The molecule has 1 aromatic carbocycles. The van der Waals surface area contributed by atoms with Crippen LogP contribution in [0.5, 0.6) is 0 Å². The Hall–Kier alpha value is -0.790. The largest absolute Gasteiger partial charge is 0.247 e. The zero-order chi connectivity index (χ0) is 14.8. The smallest absolute Gasteiger partial charge is 0.207 e. The summed E-state index contributed by atoms with van der Waals surface area (Å²) in [7, 11) is -4.04. The second-order valence-corrected chi connectivity index (χ2v) is 6.82. The van der Waals surface area contributed by atoms with Gasteiger partial charge in [0.05, 0.1) is 0 Å². The Balaban J connectivity index is 3.38. The molecule has 19 heavy (non-hydrogen) atoms. The van der Waals surface area contributed by atoms with Gasteiger partial charge in [-0.2, -0.15) is 4.31 Å². The maximum atomic E-state index is 13.7. The lowest BCUT2D eigenvalue weighted by Gasteiger charge is -2.21. The zero-order valence-electron chi connectivity index (χ0n) is 10.6. The molecule has 106 valence electrons. The Morgan fingerprint density at radius 2 is 2.00 bits per heavy atom. The van der Waals surface area contributed by atoms with Crippen molar-refractivity contribution in [2.24, 2.45) is 0 Å². The second-order valence-electron chi connectivity index (χ2n) is 4.09. The molecule has 0 bridgehead atoms. The van der Waals surface area contributed by atoms with Gasteiger partial charge in [-0.25, -0.2) is 17.2 Å². The van der Waals surface area contributed by atoms with Crippen molar-refractivity contribution >= 4 is 26.0 Å². The average Bonchev–Trinajstić information content (AvgIpc) is 2.23. The molecule has 7 heteroatoms. The van der Waals surface area contributed by atoms with Gasteiger partial charge in [-0.05, 0) is 28.9 Å². The minimum absolute atomic E-state index is 0.0854. The molecular weight excluding hydrogens is 340 g/mol. The molecule has 0 aliphatic rings. The molecule has 0 radical (unpaired) electrons. The Bertz CT molecular complexity index is 579. The first-order valence-electron chi connectivity index (χ1n) is 5.49. The molecule has 1 rings (SSSR count). The Morgan fingerprint density at radius 1 is 1.42 bits per heavy atom. The van der Waals surface area contributed by atoms with Crippen LogP contribution in [0, 0.1) is 11.6 Å². The first-order chi connectivity index (χ1) is 8.70. The van der Waals surface area contributed by atoms with Crippen LogP contribution in [-0.4, -0.2) is 25.8 Å². The van der Waals surface area contributed by atoms with Crippen LogP contribution in [0.4, 0.5) is 8.78 Å². The first kappa shape index (κ1) is 16.3. The fourth-order valence-corrected chi connectivity index (χ4v) is 4.19. The highest BCUT2D eigenvalue weighted by atomic mass is 79.9. The van der Waals surface area contributed by atoms with Crippen molar-refractivity contribution in [1.82, 2.24) is 4.31 Å². The summed E-state index contributed by atoms with van der Waals surface area (Å²) < 4.78 is 52.4. The Labute approximate surface area is 120 Å². The number of hydrogen-bond acceptors (Lipinski definition) is 2. The Kier molecular flexibility index (Phi) is 5.23. The minimum Gasteiger partial charge on any atom is -0.207 e. The zero-order valence-corrected chi connectivity index (χ0v) is 13.0. The van der Waals surface area contributed by atoms with E-state index in [0.29, 0.717) is 11.6 Å². The predicted octanol–water partition coefficient (Wildman–Crippen LogP) is 3.31. The standard InChI is InChI=1S/C12H14BrF2NO2S/c1-4-16(7-8(2)3)19(17,18)12-10(13)5-9(14)6-11(12)15/h5-6H,2,4,7H2,1,3H3. The highest BCUT2D eigenvalue weighted by Crippen LogP contribution is 2.29. The fraction of sp³-hybridized carbons (Fsp3) is 0.333. The maximum Gasteiger partial charge on any atom is 0.247 e. The van der Waals surface area contributed by atoms with Crippen molar-refractivity contribution in [3.63, 3.8) is 0 Å². The topological polar surface area (TPSA) is 37.4 Å². The lowest BCUT2D eigenvalue weighted by Crippen LogP contribution is -2.33. The van der Waals surface area contributed by atoms with Gasteiger partial charge in [-0.15, -0.1) is 0 Å². The third-order valence-electron chi connectivity index (χ3n) is 2.36. The number of rotatable bonds is 5. The molecule has 0 unspecified atom stereocenters. The summed E-state index contributed by atoms with van der Waals surface area (Å²) >= 11 is 2.89. The molecule has 0 saturated heterocycles. The van der Waals surface area contributed by atoms with Crippen LogP contribution in [0.3, 0.4) is 0 Å². The van der Waals surface area contributed by atoms with Crippen molar-refractivity contribution in [2.45, 2.75) is 18.7 Å². The predicted molar refractivity (Wildman–Crippen MR) is 73.3 cm³/mol. The summed E-state index contributed by atoms with van der Waals surface area (Å²) in [6, 6.07) is 1.47. The van der Waals surface area contributed by atoms with Crippen LogP contribution >= 0.6 is 15.9 Å². The molecule has 0 fully saturated rings. The quantitative estimate of drug-likeness (QED) is 0.761. The highest BCUT2D eigenvalue weighted by molar-refractivity contribution is 9.10. The van der Waals surface area contributed by atoms with E-state index in [2.05, 4.69) is 22.5 Å². The van der Waals surface area contributed by atoms with Crippen LogP contribution in [-0.2, 0) is 10.0 Å². The molecule has 0 saturated carbocycles. The van der Waals surface area contributed by atoms with Gasteiger partial charge in [0.2, 0.25) is 10.0 Å². The second kappa shape index (κ2) is 6.11. The molecule has 0 aliphatic carbocycles. The van der Waals surface area contributed by atoms with Crippen molar-refractivity contribution in [2.75, 3.05) is 13.1 Å². The summed E-state index contributed by atoms with van der Waals surface area (Å²) in [4.78, 5) is -0.558. The van der Waals surface area contributed by atoms with E-state index in [1.165, 1.54) is 0 Å². The van der Waals surface area contributed by atoms with Crippen molar-refractivity contribution in [3.05, 3.63) is 40.4 Å². The molecule has 0 N–H and O–H groups in total. The van der Waals surface area contributed by atoms with Gasteiger partial charge in [-0.3, -0.25) is 0 Å². The molecule has 0 heterocycles. The van der Waals surface area contributed by atoms with Gasteiger partial charge in [0, 0.05) is 23.6 Å². The van der Waals surface area contributed by atoms with Gasteiger partial charge >= 0.3 is 0 Å². The number of hydrogen-bond donors (Lipinski definition) is 0. The van der Waals surface area contributed by atoms with E-state index in [1.807, 2.05) is 0 Å². The van der Waals surface area contributed by atoms with Gasteiger partial charge in [-0.1, -0.05) is 19.1 Å². The van der Waals surface area contributed by atoms with Crippen molar-refractivity contribution in [3.8, 4) is 0 Å². The summed E-state index contributed by atoms with van der Waals surface area (Å²) in [5, 5.41) is 0. The summed E-state index contributed by atoms with van der Waals surface area (Å²) in [5.41, 5.74) is 0.629. The van der Waals surface area contributed by atoms with Gasteiger partial charge in [0.15, 0.2) is 0 Å². The minimum atomic E-state index is -4.04. The summed E-state index contributed by atoms with van der Waals surface area (Å²) in [6.07, 6.45) is 0. The normalized spacial score (nSPS) is 11.9. The Morgan fingerprint density at radius 3 is 2.42 bits per heavy atom.